The van der Waals surface area contributed by atoms with Gasteiger partial charge in [0.1, 0.15) is 18.5 Å². The quantitative estimate of drug-likeness (QED) is 0.209. The van der Waals surface area contributed by atoms with Crippen LogP contribution in [0.3, 0.4) is 0 Å². The first-order valence-corrected chi connectivity index (χ1v) is 13.3. The largest absolute Gasteiger partial charge is 0.444 e. The topological polar surface area (TPSA) is 132 Å². The Morgan fingerprint density at radius 1 is 1.00 bits per heavy atom. The van der Waals surface area contributed by atoms with Crippen molar-refractivity contribution in [3.05, 3.63) is 107 Å². The summed E-state index contributed by atoms with van der Waals surface area (Å²) in [7, 11) is 0. The summed E-state index contributed by atoms with van der Waals surface area (Å²) < 4.78 is 5.15. The highest BCUT2D eigenvalue weighted by Crippen LogP contribution is 2.26. The molecule has 3 atom stereocenters. The predicted molar refractivity (Wildman–Crippen MR) is 153 cm³/mol. The van der Waals surface area contributed by atoms with Gasteiger partial charge in [0, 0.05) is 18.7 Å². The van der Waals surface area contributed by atoms with Crippen LogP contribution in [0, 0.1) is 12.3 Å². The van der Waals surface area contributed by atoms with Crippen LogP contribution in [0.2, 0.25) is 0 Å². The Morgan fingerprint density at radius 2 is 1.75 bits per heavy atom. The third-order valence-electron chi connectivity index (χ3n) is 6.86. The molecule has 4 rings (SSSR count). The molecule has 1 aliphatic heterocycles. The van der Waals surface area contributed by atoms with Crippen LogP contribution in [0.4, 0.5) is 4.79 Å². The second-order valence-corrected chi connectivity index (χ2v) is 10.0. The van der Waals surface area contributed by atoms with Gasteiger partial charge < -0.3 is 20.7 Å². The van der Waals surface area contributed by atoms with Crippen molar-refractivity contribution in [3.8, 4) is 0 Å². The van der Waals surface area contributed by atoms with E-state index in [1.165, 1.54) is 11.1 Å². The van der Waals surface area contributed by atoms with E-state index in [-0.39, 0.29) is 42.8 Å². The smallest absolute Gasteiger partial charge is 0.413 e. The molecule has 1 aliphatic rings. The maximum atomic E-state index is 12.8. The van der Waals surface area contributed by atoms with Crippen LogP contribution in [0.5, 0.6) is 0 Å². The zero-order valence-corrected chi connectivity index (χ0v) is 22.7. The van der Waals surface area contributed by atoms with E-state index in [2.05, 4.69) is 46.4 Å². The van der Waals surface area contributed by atoms with Crippen molar-refractivity contribution < 1.29 is 19.1 Å². The van der Waals surface area contributed by atoms with E-state index < -0.39 is 12.1 Å². The zero-order valence-electron chi connectivity index (χ0n) is 22.7. The van der Waals surface area contributed by atoms with Crippen LogP contribution in [0.1, 0.15) is 47.1 Å². The lowest BCUT2D eigenvalue weighted by molar-refractivity contribution is -0.129. The second kappa shape index (κ2) is 13.5. The monoisotopic (exact) mass is 541 g/mol. The number of nitrogens with one attached hydrogen (secondary N) is 5. The molecule has 1 fully saturated rings. The Kier molecular flexibility index (Phi) is 9.64. The Labute approximate surface area is 234 Å². The summed E-state index contributed by atoms with van der Waals surface area (Å²) in [6, 6.07) is 23.5. The number of carbonyl (C=O) groups is 3. The molecule has 40 heavy (non-hydrogen) atoms. The molecule has 9 heteroatoms. The van der Waals surface area contributed by atoms with E-state index in [1.807, 2.05) is 36.4 Å². The molecule has 0 aliphatic carbocycles. The molecule has 208 valence electrons. The van der Waals surface area contributed by atoms with Gasteiger partial charge in [-0.2, -0.15) is 0 Å². The van der Waals surface area contributed by atoms with Gasteiger partial charge in [0.05, 0.1) is 6.04 Å². The number of hydrogen-bond donors (Lipinski definition) is 5. The van der Waals surface area contributed by atoms with E-state index in [9.17, 15) is 14.4 Å². The molecule has 3 aromatic carbocycles. The van der Waals surface area contributed by atoms with Crippen molar-refractivity contribution in [2.75, 3.05) is 6.54 Å². The molecule has 1 heterocycles. The molecular formula is C31H35N5O4. The van der Waals surface area contributed by atoms with Crippen LogP contribution in [0.15, 0.2) is 78.9 Å². The van der Waals surface area contributed by atoms with Crippen LogP contribution in [0.25, 0.3) is 0 Å². The highest BCUT2D eigenvalue weighted by molar-refractivity contribution is 6.04. The fraction of sp³-hybridized carbons (Fsp3) is 0.290. The van der Waals surface area contributed by atoms with Crippen molar-refractivity contribution >= 4 is 23.7 Å². The molecule has 0 radical (unpaired) electrons. The second-order valence-electron chi connectivity index (χ2n) is 10.0. The molecule has 3 aromatic rings. The van der Waals surface area contributed by atoms with Crippen LogP contribution < -0.4 is 21.3 Å². The minimum Gasteiger partial charge on any atom is -0.444 e. The average Bonchev–Trinajstić information content (AvgIpc) is 3.46. The summed E-state index contributed by atoms with van der Waals surface area (Å²) >= 11 is 0. The first kappa shape index (κ1) is 28.5. The zero-order chi connectivity index (χ0) is 28.5. The van der Waals surface area contributed by atoms with Gasteiger partial charge in [0.2, 0.25) is 11.8 Å². The minimum absolute atomic E-state index is 0.0878. The van der Waals surface area contributed by atoms with E-state index in [1.54, 1.807) is 31.2 Å². The molecule has 0 aromatic heterocycles. The number of carbonyl (C=O) groups excluding carboxylic acids is 3. The van der Waals surface area contributed by atoms with E-state index >= 15 is 0 Å². The Balaban J connectivity index is 1.18. The van der Waals surface area contributed by atoms with Crippen LogP contribution in [-0.2, 0) is 27.5 Å². The van der Waals surface area contributed by atoms with Crippen molar-refractivity contribution in [2.45, 2.75) is 51.4 Å². The van der Waals surface area contributed by atoms with Gasteiger partial charge in [0.15, 0.2) is 0 Å². The average molecular weight is 542 g/mol. The maximum absolute atomic E-state index is 12.8. The van der Waals surface area contributed by atoms with E-state index in [4.69, 9.17) is 10.1 Å². The predicted octanol–water partition coefficient (Wildman–Crippen LogP) is 3.51. The number of ether oxygens (including phenoxy) is 1. The first-order valence-electron chi connectivity index (χ1n) is 13.3. The highest BCUT2D eigenvalue weighted by Gasteiger charge is 2.31. The maximum Gasteiger partial charge on any atom is 0.413 e. The molecule has 0 spiro atoms. The van der Waals surface area contributed by atoms with Crippen LogP contribution in [-0.4, -0.2) is 42.4 Å². The molecular weight excluding hydrogens is 506 g/mol. The number of amides is 3. The fourth-order valence-corrected chi connectivity index (χ4v) is 4.56. The fourth-order valence-electron chi connectivity index (χ4n) is 4.56. The van der Waals surface area contributed by atoms with Gasteiger partial charge in [-0.3, -0.25) is 20.3 Å². The van der Waals surface area contributed by atoms with Crippen molar-refractivity contribution in [1.82, 2.24) is 21.3 Å². The molecule has 0 bridgehead atoms. The van der Waals surface area contributed by atoms with Gasteiger partial charge in [-0.15, -0.1) is 0 Å². The number of amidine groups is 1. The number of rotatable bonds is 9. The molecule has 0 unspecified atom stereocenters. The van der Waals surface area contributed by atoms with Crippen molar-refractivity contribution in [3.63, 3.8) is 0 Å². The summed E-state index contributed by atoms with van der Waals surface area (Å²) in [6.45, 7) is 4.81. The summed E-state index contributed by atoms with van der Waals surface area (Å²) in [5.74, 6) is -0.300. The Bertz CT molecular complexity index is 1340. The number of hydrogen-bond acceptors (Lipinski definition) is 6. The number of benzene rings is 3. The van der Waals surface area contributed by atoms with Gasteiger partial charge in [-0.05, 0) is 42.9 Å². The lowest BCUT2D eigenvalue weighted by Gasteiger charge is -2.17. The lowest BCUT2D eigenvalue weighted by Crippen LogP contribution is -2.49. The minimum atomic E-state index is -0.709. The molecule has 3 amide bonds. The van der Waals surface area contributed by atoms with Gasteiger partial charge >= 0.3 is 6.09 Å². The first-order chi connectivity index (χ1) is 19.3. The third-order valence-corrected chi connectivity index (χ3v) is 6.86. The number of aryl methyl sites for hydroxylation is 1. The SMILES string of the molecule is Cc1cccc([C@H]2CN[C@@H](C(=O)N[C@@H](C)C(=O)NCc3ccc(C(=N)NC(=O)OCc4ccccc4)cc3)C2)c1. The number of alkyl carbamates (subject to hydrolysis) is 1. The van der Waals surface area contributed by atoms with E-state index in [0.717, 1.165) is 17.7 Å². The summed E-state index contributed by atoms with van der Waals surface area (Å²) in [5, 5.41) is 19.4. The van der Waals surface area contributed by atoms with E-state index in [0.29, 0.717) is 12.0 Å². The van der Waals surface area contributed by atoms with Gasteiger partial charge in [-0.25, -0.2) is 4.79 Å². The van der Waals surface area contributed by atoms with Gasteiger partial charge in [0.25, 0.3) is 0 Å². The van der Waals surface area contributed by atoms with Crippen molar-refractivity contribution in [1.29, 1.82) is 5.41 Å². The molecule has 1 saturated heterocycles. The summed E-state index contributed by atoms with van der Waals surface area (Å²) in [6.07, 6.45) is -0.0235. The third kappa shape index (κ3) is 8.00. The molecule has 5 N–H and O–H groups in total. The summed E-state index contributed by atoms with van der Waals surface area (Å²) in [4.78, 5) is 37.4. The molecule has 0 saturated carbocycles. The Morgan fingerprint density at radius 3 is 2.48 bits per heavy atom. The standard InChI is InChI=1S/C31H35N5O4/c1-20-7-6-10-25(15-20)26-16-27(33-18-26)30(38)35-21(2)29(37)34-17-22-11-13-24(14-12-22)28(32)36-31(39)40-19-23-8-4-3-5-9-23/h3-15,21,26-27,33H,16-19H2,1-2H3,(H,34,37)(H,35,38)(H2,32,36,39)/t21-,26+,27+/m0/s1. The normalized spacial score (nSPS) is 16.9. The van der Waals surface area contributed by atoms with Gasteiger partial charge in [-0.1, -0.05) is 84.4 Å². The highest BCUT2D eigenvalue weighted by atomic mass is 16.5. The molecule has 9 nitrogen and oxygen atoms in total. The van der Waals surface area contributed by atoms with Crippen LogP contribution >= 0.6 is 0 Å². The van der Waals surface area contributed by atoms with Crippen molar-refractivity contribution in [2.24, 2.45) is 0 Å². The Hall–Kier alpha value is -4.50. The summed E-state index contributed by atoms with van der Waals surface area (Å²) in [5.41, 5.74) is 4.58. The lowest BCUT2D eigenvalue weighted by atomic mass is 9.95.